The Hall–Kier alpha value is -2.70. The molecule has 0 aliphatic rings. The lowest BCUT2D eigenvalue weighted by atomic mass is 10.2. The minimum atomic E-state index is -3.86. The predicted molar refractivity (Wildman–Crippen MR) is 76.6 cm³/mol. The highest BCUT2D eigenvalue weighted by atomic mass is 32.2. The summed E-state index contributed by atoms with van der Waals surface area (Å²) >= 11 is 0. The standard InChI is InChI=1S/C12H12N6O2S/c1-18(11-5-3-2-4-9(11)6-13)21(19,20)10-7-15-12(17-14)16-8-10/h2-5,7-8H,14H2,1H3,(H,15,16,17). The molecule has 1 heterocycles. The zero-order chi connectivity index (χ0) is 15.5. The van der Waals surface area contributed by atoms with Crippen LogP contribution in [0.25, 0.3) is 0 Å². The number of anilines is 2. The first-order valence-electron chi connectivity index (χ1n) is 5.77. The van der Waals surface area contributed by atoms with Crippen molar-refractivity contribution < 1.29 is 8.42 Å². The quantitative estimate of drug-likeness (QED) is 0.620. The average molecular weight is 304 g/mol. The molecule has 108 valence electrons. The van der Waals surface area contributed by atoms with Crippen LogP contribution in [0.3, 0.4) is 0 Å². The molecular formula is C12H12N6O2S. The van der Waals surface area contributed by atoms with E-state index < -0.39 is 10.0 Å². The number of nitrogens with two attached hydrogens (primary N) is 1. The number of hydrogen-bond acceptors (Lipinski definition) is 7. The van der Waals surface area contributed by atoms with E-state index in [4.69, 9.17) is 11.1 Å². The third kappa shape index (κ3) is 2.76. The van der Waals surface area contributed by atoms with Gasteiger partial charge in [-0.05, 0) is 12.1 Å². The second-order valence-electron chi connectivity index (χ2n) is 3.99. The summed E-state index contributed by atoms with van der Waals surface area (Å²) in [6.07, 6.45) is 2.28. The summed E-state index contributed by atoms with van der Waals surface area (Å²) in [6, 6.07) is 8.36. The molecule has 2 aromatic rings. The molecule has 0 saturated heterocycles. The van der Waals surface area contributed by atoms with Gasteiger partial charge in [0.2, 0.25) is 5.95 Å². The van der Waals surface area contributed by atoms with E-state index >= 15 is 0 Å². The third-order valence-corrected chi connectivity index (χ3v) is 4.50. The summed E-state index contributed by atoms with van der Waals surface area (Å²) < 4.78 is 26.0. The average Bonchev–Trinajstić information content (AvgIpc) is 2.54. The number of nitriles is 1. The summed E-state index contributed by atoms with van der Waals surface area (Å²) in [5, 5.41) is 9.05. The van der Waals surface area contributed by atoms with Gasteiger partial charge in [0.05, 0.1) is 23.6 Å². The fraction of sp³-hybridized carbons (Fsp3) is 0.0833. The van der Waals surface area contributed by atoms with E-state index in [0.29, 0.717) is 0 Å². The number of hydrazine groups is 1. The van der Waals surface area contributed by atoms with Gasteiger partial charge in [-0.15, -0.1) is 0 Å². The molecule has 0 saturated carbocycles. The lowest BCUT2D eigenvalue weighted by molar-refractivity contribution is 0.593. The maximum Gasteiger partial charge on any atom is 0.267 e. The highest BCUT2D eigenvalue weighted by Crippen LogP contribution is 2.24. The van der Waals surface area contributed by atoms with Crippen molar-refractivity contribution in [1.82, 2.24) is 9.97 Å². The highest BCUT2D eigenvalue weighted by Gasteiger charge is 2.24. The largest absolute Gasteiger partial charge is 0.292 e. The highest BCUT2D eigenvalue weighted by molar-refractivity contribution is 7.92. The van der Waals surface area contributed by atoms with E-state index in [9.17, 15) is 8.42 Å². The molecule has 0 fully saturated rings. The molecule has 8 nitrogen and oxygen atoms in total. The molecule has 3 N–H and O–H groups in total. The number of rotatable bonds is 4. The summed E-state index contributed by atoms with van der Waals surface area (Å²) in [7, 11) is -2.50. The lowest BCUT2D eigenvalue weighted by Crippen LogP contribution is -2.27. The van der Waals surface area contributed by atoms with Crippen molar-refractivity contribution in [1.29, 1.82) is 5.26 Å². The molecular weight excluding hydrogens is 292 g/mol. The fourth-order valence-electron chi connectivity index (χ4n) is 1.65. The number of hydrogen-bond donors (Lipinski definition) is 2. The van der Waals surface area contributed by atoms with Gasteiger partial charge in [-0.25, -0.2) is 24.2 Å². The van der Waals surface area contributed by atoms with E-state index in [1.54, 1.807) is 24.3 Å². The molecule has 0 aliphatic carbocycles. The lowest BCUT2D eigenvalue weighted by Gasteiger charge is -2.20. The van der Waals surface area contributed by atoms with E-state index in [0.717, 1.165) is 16.7 Å². The molecule has 1 aromatic carbocycles. The van der Waals surface area contributed by atoms with Crippen molar-refractivity contribution in [2.45, 2.75) is 4.90 Å². The first kappa shape index (κ1) is 14.7. The van der Waals surface area contributed by atoms with Crippen molar-refractivity contribution in [3.63, 3.8) is 0 Å². The molecule has 1 aromatic heterocycles. The zero-order valence-electron chi connectivity index (χ0n) is 11.1. The van der Waals surface area contributed by atoms with Gasteiger partial charge in [0.1, 0.15) is 11.0 Å². The number of sulfonamides is 1. The first-order valence-corrected chi connectivity index (χ1v) is 7.21. The second-order valence-corrected chi connectivity index (χ2v) is 5.96. The minimum absolute atomic E-state index is 0.100. The maximum absolute atomic E-state index is 12.5. The number of nitrogen functional groups attached to an aromatic ring is 1. The number of aromatic nitrogens is 2. The van der Waals surface area contributed by atoms with E-state index in [-0.39, 0.29) is 22.1 Å². The molecule has 0 atom stereocenters. The number of para-hydroxylation sites is 1. The Labute approximate surface area is 121 Å². The van der Waals surface area contributed by atoms with Gasteiger partial charge in [0, 0.05) is 7.05 Å². The molecule has 0 unspecified atom stereocenters. The van der Waals surface area contributed by atoms with Crippen LogP contribution in [0.15, 0.2) is 41.6 Å². The van der Waals surface area contributed by atoms with Crippen LogP contribution in [-0.2, 0) is 10.0 Å². The maximum atomic E-state index is 12.5. The van der Waals surface area contributed by atoms with E-state index in [1.165, 1.54) is 7.05 Å². The summed E-state index contributed by atoms with van der Waals surface area (Å²) in [4.78, 5) is 7.43. The Morgan fingerprint density at radius 3 is 2.48 bits per heavy atom. The Morgan fingerprint density at radius 2 is 1.90 bits per heavy atom. The first-order chi connectivity index (χ1) is 10.0. The molecule has 21 heavy (non-hydrogen) atoms. The van der Waals surface area contributed by atoms with Crippen LogP contribution in [0.2, 0.25) is 0 Å². The van der Waals surface area contributed by atoms with Gasteiger partial charge in [0.15, 0.2) is 0 Å². The van der Waals surface area contributed by atoms with Crippen LogP contribution in [-0.4, -0.2) is 25.4 Å². The number of nitrogens with zero attached hydrogens (tertiary/aromatic N) is 4. The van der Waals surface area contributed by atoms with Crippen LogP contribution in [0, 0.1) is 11.3 Å². The number of nitrogens with one attached hydrogen (secondary N) is 1. The monoisotopic (exact) mass is 304 g/mol. The van der Waals surface area contributed by atoms with E-state index in [1.807, 2.05) is 6.07 Å². The Kier molecular flexibility index (Phi) is 4.02. The van der Waals surface area contributed by atoms with Crippen molar-refractivity contribution in [3.05, 3.63) is 42.2 Å². The topological polar surface area (TPSA) is 125 Å². The normalized spacial score (nSPS) is 10.7. The molecule has 0 spiro atoms. The molecule has 0 radical (unpaired) electrons. The summed E-state index contributed by atoms with van der Waals surface area (Å²) in [5.74, 6) is 5.23. The Balaban J connectivity index is 2.45. The predicted octanol–water partition coefficient (Wildman–Crippen LogP) is 0.459. The van der Waals surface area contributed by atoms with Gasteiger partial charge in [-0.2, -0.15) is 5.26 Å². The molecule has 9 heteroatoms. The van der Waals surface area contributed by atoms with Crippen molar-refractivity contribution in [2.24, 2.45) is 5.84 Å². The molecule has 0 bridgehead atoms. The molecule has 0 amide bonds. The van der Waals surface area contributed by atoms with Gasteiger partial charge in [-0.1, -0.05) is 12.1 Å². The zero-order valence-corrected chi connectivity index (χ0v) is 11.9. The van der Waals surface area contributed by atoms with Gasteiger partial charge in [0.25, 0.3) is 10.0 Å². The number of benzene rings is 1. The van der Waals surface area contributed by atoms with Crippen molar-refractivity contribution in [2.75, 3.05) is 16.8 Å². The fourth-order valence-corrected chi connectivity index (χ4v) is 2.76. The minimum Gasteiger partial charge on any atom is -0.292 e. The summed E-state index contributed by atoms with van der Waals surface area (Å²) in [6.45, 7) is 0. The third-order valence-electron chi connectivity index (χ3n) is 2.78. The van der Waals surface area contributed by atoms with Crippen LogP contribution in [0.1, 0.15) is 5.56 Å². The van der Waals surface area contributed by atoms with Crippen LogP contribution < -0.4 is 15.6 Å². The second kappa shape index (κ2) is 5.74. The molecule has 2 rings (SSSR count). The van der Waals surface area contributed by atoms with E-state index in [2.05, 4.69) is 15.4 Å². The van der Waals surface area contributed by atoms with Crippen LogP contribution in [0.4, 0.5) is 11.6 Å². The summed E-state index contributed by atoms with van der Waals surface area (Å²) in [5.41, 5.74) is 2.74. The smallest absolute Gasteiger partial charge is 0.267 e. The van der Waals surface area contributed by atoms with Crippen molar-refractivity contribution >= 4 is 21.7 Å². The van der Waals surface area contributed by atoms with Gasteiger partial charge >= 0.3 is 0 Å². The molecule has 0 aliphatic heterocycles. The van der Waals surface area contributed by atoms with Crippen LogP contribution in [0.5, 0.6) is 0 Å². The SMILES string of the molecule is CN(c1ccccc1C#N)S(=O)(=O)c1cnc(NN)nc1. The van der Waals surface area contributed by atoms with Gasteiger partial charge < -0.3 is 0 Å². The van der Waals surface area contributed by atoms with Crippen LogP contribution >= 0.6 is 0 Å². The Morgan fingerprint density at radius 1 is 1.29 bits per heavy atom. The van der Waals surface area contributed by atoms with Crippen molar-refractivity contribution in [3.8, 4) is 6.07 Å². The van der Waals surface area contributed by atoms with Gasteiger partial charge in [-0.3, -0.25) is 9.73 Å². The Bertz CT molecular complexity index is 782.